The largest absolute Gasteiger partial charge is 1.00 e. The first kappa shape index (κ1) is 23.4. The summed E-state index contributed by atoms with van der Waals surface area (Å²) in [5.74, 6) is 0. The fourth-order valence-corrected chi connectivity index (χ4v) is 4.42. The average molecular weight is 449 g/mol. The van der Waals surface area contributed by atoms with Crippen LogP contribution in [0.25, 0.3) is 0 Å². The topological polar surface area (TPSA) is 66.4 Å². The molecule has 26 heavy (non-hydrogen) atoms. The third kappa shape index (κ3) is 7.55. The molecular formula is C19H33BrN2O3S. The van der Waals surface area contributed by atoms with Crippen molar-refractivity contribution in [3.05, 3.63) is 29.8 Å². The maximum atomic E-state index is 11.3. The molecule has 1 heterocycles. The van der Waals surface area contributed by atoms with Crippen molar-refractivity contribution in [1.29, 1.82) is 0 Å². The van der Waals surface area contributed by atoms with E-state index in [0.29, 0.717) is 12.1 Å². The van der Waals surface area contributed by atoms with Gasteiger partial charge in [0.1, 0.15) is 0 Å². The van der Waals surface area contributed by atoms with Crippen LogP contribution in [0.5, 0.6) is 0 Å². The molecule has 1 unspecified atom stereocenters. The smallest absolute Gasteiger partial charge is 0.229 e. The molecule has 1 atom stereocenters. The first-order chi connectivity index (χ1) is 11.8. The molecule has 1 aromatic carbocycles. The maximum Gasteiger partial charge on any atom is 0.229 e. The molecule has 0 amide bonds. The van der Waals surface area contributed by atoms with Crippen molar-refractivity contribution in [3.8, 4) is 0 Å². The van der Waals surface area contributed by atoms with Gasteiger partial charge in [-0.15, -0.1) is 0 Å². The molecule has 2 rings (SSSR count). The molecule has 1 aliphatic heterocycles. The quantitative estimate of drug-likeness (QED) is 0.561. The van der Waals surface area contributed by atoms with Gasteiger partial charge >= 0.3 is 0 Å². The second-order valence-corrected chi connectivity index (χ2v) is 9.15. The van der Waals surface area contributed by atoms with Gasteiger partial charge in [-0.05, 0) is 63.1 Å². The van der Waals surface area contributed by atoms with Crippen LogP contribution in [-0.4, -0.2) is 50.4 Å². The van der Waals surface area contributed by atoms with E-state index in [-0.39, 0.29) is 17.0 Å². The van der Waals surface area contributed by atoms with Gasteiger partial charge in [0.15, 0.2) is 0 Å². The summed E-state index contributed by atoms with van der Waals surface area (Å²) in [6.45, 7) is 7.10. The Morgan fingerprint density at radius 3 is 2.42 bits per heavy atom. The van der Waals surface area contributed by atoms with Gasteiger partial charge in [-0.3, -0.25) is 4.72 Å². The van der Waals surface area contributed by atoms with E-state index in [2.05, 4.69) is 11.6 Å². The average Bonchev–Trinajstić information content (AvgIpc) is 2.79. The minimum Gasteiger partial charge on any atom is -1.00 e. The number of benzene rings is 1. The minimum absolute atomic E-state index is 0. The van der Waals surface area contributed by atoms with E-state index in [0.717, 1.165) is 24.8 Å². The van der Waals surface area contributed by atoms with Crippen molar-refractivity contribution < 1.29 is 35.0 Å². The number of aliphatic hydroxyl groups is 1. The monoisotopic (exact) mass is 448 g/mol. The van der Waals surface area contributed by atoms with Gasteiger partial charge in [-0.2, -0.15) is 0 Å². The number of anilines is 1. The Hall–Kier alpha value is -0.630. The highest BCUT2D eigenvalue weighted by Crippen LogP contribution is 2.24. The van der Waals surface area contributed by atoms with E-state index in [4.69, 9.17) is 0 Å². The molecule has 0 saturated carbocycles. The lowest BCUT2D eigenvalue weighted by Gasteiger charge is -2.37. The predicted octanol–water partition coefficient (Wildman–Crippen LogP) is 0.286. The molecule has 0 radical (unpaired) electrons. The van der Waals surface area contributed by atoms with Crippen LogP contribution >= 0.6 is 0 Å². The molecule has 1 saturated heterocycles. The lowest BCUT2D eigenvalue weighted by Crippen LogP contribution is -3.00. The van der Waals surface area contributed by atoms with Gasteiger partial charge in [0, 0.05) is 5.69 Å². The molecule has 0 bridgehead atoms. The molecule has 150 valence electrons. The number of hydrogen-bond acceptors (Lipinski definition) is 3. The fraction of sp³-hybridized carbons (Fsp3) is 0.684. The summed E-state index contributed by atoms with van der Waals surface area (Å²) in [6.07, 6.45) is 7.60. The first-order valence-corrected chi connectivity index (χ1v) is 11.3. The van der Waals surface area contributed by atoms with E-state index in [9.17, 15) is 13.5 Å². The number of rotatable bonds is 8. The van der Waals surface area contributed by atoms with E-state index in [1.807, 2.05) is 6.07 Å². The summed E-state index contributed by atoms with van der Waals surface area (Å²) in [4.78, 5) is 0. The van der Waals surface area contributed by atoms with Crippen LogP contribution in [0.4, 0.5) is 5.69 Å². The van der Waals surface area contributed by atoms with Gasteiger partial charge in [-0.25, -0.2) is 8.42 Å². The van der Waals surface area contributed by atoms with Crippen LogP contribution in [0.1, 0.15) is 57.1 Å². The zero-order valence-electron chi connectivity index (χ0n) is 16.0. The third-order valence-corrected chi connectivity index (χ3v) is 5.98. The normalized spacial score (nSPS) is 18.4. The van der Waals surface area contributed by atoms with Gasteiger partial charge in [0.05, 0.1) is 38.5 Å². The van der Waals surface area contributed by atoms with E-state index in [1.54, 1.807) is 18.2 Å². The molecule has 0 aromatic heterocycles. The number of nitrogens with one attached hydrogen (secondary N) is 1. The molecule has 7 heteroatoms. The van der Waals surface area contributed by atoms with Crippen molar-refractivity contribution in [3.63, 3.8) is 0 Å². The van der Waals surface area contributed by atoms with Crippen molar-refractivity contribution in [1.82, 2.24) is 0 Å². The Morgan fingerprint density at radius 2 is 1.85 bits per heavy atom. The molecule has 5 nitrogen and oxygen atoms in total. The second kappa shape index (κ2) is 10.6. The first-order valence-electron chi connectivity index (χ1n) is 9.44. The lowest BCUT2D eigenvalue weighted by molar-refractivity contribution is -0.926. The highest BCUT2D eigenvalue weighted by molar-refractivity contribution is 7.92. The number of aliphatic hydroxyl groups excluding tert-OH is 1. The van der Waals surface area contributed by atoms with Crippen LogP contribution in [0.3, 0.4) is 0 Å². The Morgan fingerprint density at radius 1 is 1.19 bits per heavy atom. The summed E-state index contributed by atoms with van der Waals surface area (Å²) >= 11 is 0. The number of nitrogens with zero attached hydrogens (tertiary/aromatic N) is 1. The number of likely N-dealkylation sites (tertiary alicyclic amines) is 1. The Kier molecular flexibility index (Phi) is 9.58. The molecule has 0 aliphatic carbocycles. The van der Waals surface area contributed by atoms with Gasteiger partial charge in [0.2, 0.25) is 10.0 Å². The second-order valence-electron chi connectivity index (χ2n) is 7.40. The minimum atomic E-state index is -3.30. The van der Waals surface area contributed by atoms with Gasteiger partial charge in [-0.1, -0.05) is 12.1 Å². The fourth-order valence-electron chi connectivity index (χ4n) is 3.87. The Balaban J connectivity index is 0.00000338. The molecule has 1 aromatic rings. The summed E-state index contributed by atoms with van der Waals surface area (Å²) in [5, 5.41) is 10.5. The number of sulfonamides is 1. The SMILES string of the molecule is CC[N+]1(CCCC(O)c2cccc(NS(C)(=O)=O)c2)CCCCCC1.[Br-]. The highest BCUT2D eigenvalue weighted by Gasteiger charge is 2.26. The van der Waals surface area contributed by atoms with Crippen molar-refractivity contribution in [2.45, 2.75) is 51.6 Å². The van der Waals surface area contributed by atoms with Crippen LogP contribution in [0.15, 0.2) is 24.3 Å². The Labute approximate surface area is 169 Å². The molecule has 1 aliphatic rings. The highest BCUT2D eigenvalue weighted by atomic mass is 79.9. The maximum absolute atomic E-state index is 11.3. The third-order valence-electron chi connectivity index (χ3n) is 5.37. The number of halogens is 1. The molecule has 1 fully saturated rings. The van der Waals surface area contributed by atoms with Crippen molar-refractivity contribution >= 4 is 15.7 Å². The molecule has 0 spiro atoms. The van der Waals surface area contributed by atoms with Crippen LogP contribution in [-0.2, 0) is 10.0 Å². The lowest BCUT2D eigenvalue weighted by atomic mass is 10.0. The van der Waals surface area contributed by atoms with E-state index in [1.165, 1.54) is 49.8 Å². The van der Waals surface area contributed by atoms with E-state index < -0.39 is 16.1 Å². The molecular weight excluding hydrogens is 416 g/mol. The molecule has 2 N–H and O–H groups in total. The summed E-state index contributed by atoms with van der Waals surface area (Å²) < 4.78 is 26.3. The van der Waals surface area contributed by atoms with Crippen molar-refractivity contribution in [2.24, 2.45) is 0 Å². The zero-order valence-corrected chi connectivity index (χ0v) is 18.4. The number of hydrogen-bond donors (Lipinski definition) is 2. The number of quaternary nitrogens is 1. The van der Waals surface area contributed by atoms with Gasteiger partial charge in [0.25, 0.3) is 0 Å². The Bertz CT molecular complexity index is 644. The zero-order chi connectivity index (χ0) is 18.3. The van der Waals surface area contributed by atoms with Crippen LogP contribution in [0.2, 0.25) is 0 Å². The van der Waals surface area contributed by atoms with Gasteiger partial charge < -0.3 is 26.6 Å². The van der Waals surface area contributed by atoms with Crippen LogP contribution < -0.4 is 21.7 Å². The summed E-state index contributed by atoms with van der Waals surface area (Å²) in [6, 6.07) is 7.06. The van der Waals surface area contributed by atoms with Crippen LogP contribution in [0, 0.1) is 0 Å². The standard InChI is InChI=1S/C19H33N2O3S.BrH/c1-3-21(13-6-4-5-7-14-21)15-9-12-19(22)17-10-8-11-18(16-17)20-25(2,23)24;/h8,10-11,16,19-20,22H,3-7,9,12-15H2,1-2H3;1H/q+1;/p-1. The summed E-state index contributed by atoms with van der Waals surface area (Å²) in [7, 11) is -3.30. The van der Waals surface area contributed by atoms with E-state index >= 15 is 0 Å². The predicted molar refractivity (Wildman–Crippen MR) is 103 cm³/mol. The van der Waals surface area contributed by atoms with Crippen molar-refractivity contribution in [2.75, 3.05) is 37.2 Å². The summed E-state index contributed by atoms with van der Waals surface area (Å²) in [5.41, 5.74) is 1.27.